The van der Waals surface area contributed by atoms with Gasteiger partial charge in [0.2, 0.25) is 0 Å². The van der Waals surface area contributed by atoms with Crippen molar-refractivity contribution in [2.45, 2.75) is 12.5 Å². The van der Waals surface area contributed by atoms with Crippen molar-refractivity contribution in [1.29, 1.82) is 0 Å². The molecule has 4 N–H and O–H groups in total. The summed E-state index contributed by atoms with van der Waals surface area (Å²) in [5, 5.41) is 12.5. The zero-order valence-electron chi connectivity index (χ0n) is 11.1. The van der Waals surface area contributed by atoms with Crippen molar-refractivity contribution < 1.29 is 9.90 Å². The third kappa shape index (κ3) is 5.06. The zero-order chi connectivity index (χ0) is 14.6. The number of carbonyl (C=O) groups excluding carboxylic acids is 1. The lowest BCUT2D eigenvalue weighted by Gasteiger charge is -2.26. The minimum absolute atomic E-state index is 0.00115. The lowest BCUT2D eigenvalue weighted by atomic mass is 10.1. The van der Waals surface area contributed by atoms with Gasteiger partial charge in [0, 0.05) is 19.2 Å². The average Bonchev–Trinajstić information content (AvgIpc) is 2.22. The molecule has 1 heterocycles. The first-order valence-electron chi connectivity index (χ1n) is 5.68. The van der Waals surface area contributed by atoms with Crippen LogP contribution in [0.1, 0.15) is 17.4 Å². The number of hydrogen-bond donors (Lipinski definition) is 4. The van der Waals surface area contributed by atoms with Crippen LogP contribution in [0.25, 0.3) is 0 Å². The fraction of sp³-hybridized carbons (Fsp3) is 0.545. The monoisotopic (exact) mass is 270 g/mol. The molecule has 106 valence electrons. The van der Waals surface area contributed by atoms with Gasteiger partial charge in [-0.15, -0.1) is 0 Å². The molecule has 0 fully saturated rings. The lowest BCUT2D eigenvalue weighted by molar-refractivity contribution is 0.0325. The molecule has 1 amide bonds. The molecule has 0 saturated carbocycles. The lowest BCUT2D eigenvalue weighted by Crippen LogP contribution is -2.47. The normalized spacial score (nSPS) is 14.2. The number of aliphatic hydroxyl groups is 1. The predicted octanol–water partition coefficient (Wildman–Crippen LogP) is -1.89. The van der Waals surface area contributed by atoms with E-state index in [0.29, 0.717) is 6.54 Å². The van der Waals surface area contributed by atoms with Crippen molar-refractivity contribution in [3.8, 4) is 0 Å². The first kappa shape index (κ1) is 15.1. The summed E-state index contributed by atoms with van der Waals surface area (Å²) >= 11 is 0. The molecule has 0 aliphatic rings. The Morgan fingerprint density at radius 3 is 2.58 bits per heavy atom. The molecule has 0 bridgehead atoms. The number of nitrogens with zero attached hydrogens (tertiary/aromatic N) is 1. The fourth-order valence-corrected chi connectivity index (χ4v) is 1.69. The van der Waals surface area contributed by atoms with Crippen LogP contribution in [-0.2, 0) is 0 Å². The molecule has 1 aromatic rings. The molecule has 1 aromatic heterocycles. The van der Waals surface area contributed by atoms with E-state index in [4.69, 9.17) is 0 Å². The van der Waals surface area contributed by atoms with Gasteiger partial charge in [-0.3, -0.25) is 14.6 Å². The van der Waals surface area contributed by atoms with Crippen molar-refractivity contribution >= 4 is 5.91 Å². The van der Waals surface area contributed by atoms with Crippen molar-refractivity contribution in [1.82, 2.24) is 20.2 Å². The molecule has 19 heavy (non-hydrogen) atoms. The van der Waals surface area contributed by atoms with E-state index in [1.54, 1.807) is 25.9 Å². The maximum absolute atomic E-state index is 11.7. The van der Waals surface area contributed by atoms with Crippen LogP contribution >= 0.6 is 0 Å². The molecule has 8 heteroatoms. The van der Waals surface area contributed by atoms with Crippen LogP contribution in [0.2, 0.25) is 0 Å². The summed E-state index contributed by atoms with van der Waals surface area (Å²) in [6.07, 6.45) is 0. The predicted molar refractivity (Wildman–Crippen MR) is 69.2 cm³/mol. The van der Waals surface area contributed by atoms with E-state index in [0.717, 1.165) is 6.07 Å². The van der Waals surface area contributed by atoms with Crippen LogP contribution in [0, 0.1) is 0 Å². The molecule has 1 rings (SSSR count). The molecule has 1 atom stereocenters. The van der Waals surface area contributed by atoms with Gasteiger partial charge in [0.05, 0.1) is 5.60 Å². The number of amides is 1. The Morgan fingerprint density at radius 2 is 2.05 bits per heavy atom. The number of H-pyrrole nitrogens is 2. The molecule has 8 nitrogen and oxygen atoms in total. The SMILES string of the molecule is CN(C)CC(C)(O)CNC(=O)c1cc(=O)[nH]c(=O)[nH]1. The van der Waals surface area contributed by atoms with Gasteiger partial charge < -0.3 is 20.3 Å². The van der Waals surface area contributed by atoms with E-state index in [1.165, 1.54) is 0 Å². The first-order valence-corrected chi connectivity index (χ1v) is 5.68. The van der Waals surface area contributed by atoms with Crippen LogP contribution in [0.15, 0.2) is 15.7 Å². The Bertz CT molecular complexity index is 530. The smallest absolute Gasteiger partial charge is 0.326 e. The quantitative estimate of drug-likeness (QED) is 0.498. The van der Waals surface area contributed by atoms with Crippen LogP contribution < -0.4 is 16.6 Å². The maximum atomic E-state index is 11.7. The number of aromatic amines is 2. The van der Waals surface area contributed by atoms with Crippen molar-refractivity contribution in [2.24, 2.45) is 0 Å². The first-order chi connectivity index (χ1) is 8.69. The molecule has 0 aliphatic heterocycles. The van der Waals surface area contributed by atoms with Crippen molar-refractivity contribution in [2.75, 3.05) is 27.2 Å². The van der Waals surface area contributed by atoms with Crippen LogP contribution in [0.4, 0.5) is 0 Å². The average molecular weight is 270 g/mol. The third-order valence-corrected chi connectivity index (χ3v) is 2.29. The highest BCUT2D eigenvalue weighted by atomic mass is 16.3. The van der Waals surface area contributed by atoms with Gasteiger partial charge in [0.15, 0.2) is 0 Å². The van der Waals surface area contributed by atoms with E-state index >= 15 is 0 Å². The highest BCUT2D eigenvalue weighted by Gasteiger charge is 2.22. The summed E-state index contributed by atoms with van der Waals surface area (Å²) in [6, 6.07) is 0.984. The summed E-state index contributed by atoms with van der Waals surface area (Å²) in [5.41, 5.74) is -2.67. The highest BCUT2D eigenvalue weighted by molar-refractivity contribution is 5.92. The Morgan fingerprint density at radius 1 is 1.42 bits per heavy atom. The Kier molecular flexibility index (Phi) is 4.62. The third-order valence-electron chi connectivity index (χ3n) is 2.29. The number of hydrogen-bond acceptors (Lipinski definition) is 5. The fourth-order valence-electron chi connectivity index (χ4n) is 1.69. The summed E-state index contributed by atoms with van der Waals surface area (Å²) in [4.78, 5) is 39.7. The minimum Gasteiger partial charge on any atom is -0.387 e. The number of likely N-dealkylation sites (N-methyl/N-ethyl adjacent to an activating group) is 1. The standard InChI is InChI=1S/C11H18N4O4/c1-11(19,6-15(2)3)5-12-9(17)7-4-8(16)14-10(18)13-7/h4,19H,5-6H2,1-3H3,(H,12,17)(H2,13,14,16,18). The number of carbonyl (C=O) groups is 1. The van der Waals surface area contributed by atoms with Crippen LogP contribution in [-0.4, -0.2) is 58.7 Å². The molecule has 1 unspecified atom stereocenters. The maximum Gasteiger partial charge on any atom is 0.326 e. The Hall–Kier alpha value is -1.93. The largest absolute Gasteiger partial charge is 0.387 e. The molecule has 0 saturated heterocycles. The van der Waals surface area contributed by atoms with E-state index in [2.05, 4.69) is 10.3 Å². The van der Waals surface area contributed by atoms with E-state index in [1.807, 2.05) is 4.98 Å². The van der Waals surface area contributed by atoms with Crippen LogP contribution in [0.5, 0.6) is 0 Å². The van der Waals surface area contributed by atoms with Gasteiger partial charge in [-0.1, -0.05) is 0 Å². The second-order valence-corrected chi connectivity index (χ2v) is 4.92. The van der Waals surface area contributed by atoms with Crippen molar-refractivity contribution in [3.63, 3.8) is 0 Å². The number of aromatic nitrogens is 2. The molecule has 0 aliphatic carbocycles. The van der Waals surface area contributed by atoms with E-state index in [-0.39, 0.29) is 12.2 Å². The van der Waals surface area contributed by atoms with E-state index < -0.39 is 22.8 Å². The van der Waals surface area contributed by atoms with Gasteiger partial charge in [-0.05, 0) is 21.0 Å². The molecular formula is C11H18N4O4. The summed E-state index contributed by atoms with van der Waals surface area (Å²) in [5.74, 6) is -0.623. The van der Waals surface area contributed by atoms with Crippen molar-refractivity contribution in [3.05, 3.63) is 32.6 Å². The molecule has 0 spiro atoms. The van der Waals surface area contributed by atoms with Gasteiger partial charge >= 0.3 is 5.69 Å². The highest BCUT2D eigenvalue weighted by Crippen LogP contribution is 2.02. The number of nitrogens with one attached hydrogen (secondary N) is 3. The van der Waals surface area contributed by atoms with Gasteiger partial charge in [-0.2, -0.15) is 0 Å². The molecule has 0 aromatic carbocycles. The summed E-state index contributed by atoms with van der Waals surface area (Å²) in [6.45, 7) is 1.94. The summed E-state index contributed by atoms with van der Waals surface area (Å²) < 4.78 is 0. The second kappa shape index (κ2) is 5.81. The zero-order valence-corrected chi connectivity index (χ0v) is 11.1. The van der Waals surface area contributed by atoms with Gasteiger partial charge in [0.1, 0.15) is 5.69 Å². The Balaban J connectivity index is 2.70. The topological polar surface area (TPSA) is 118 Å². The van der Waals surface area contributed by atoms with Gasteiger partial charge in [0.25, 0.3) is 11.5 Å². The second-order valence-electron chi connectivity index (χ2n) is 4.92. The molecule has 0 radical (unpaired) electrons. The number of rotatable bonds is 5. The van der Waals surface area contributed by atoms with Gasteiger partial charge in [-0.25, -0.2) is 4.79 Å². The van der Waals surface area contributed by atoms with Crippen LogP contribution in [0.3, 0.4) is 0 Å². The van der Waals surface area contributed by atoms with E-state index in [9.17, 15) is 19.5 Å². The molecular weight excluding hydrogens is 252 g/mol. The Labute approximate surface area is 109 Å². The minimum atomic E-state index is -1.11. The summed E-state index contributed by atoms with van der Waals surface area (Å²) in [7, 11) is 3.59.